The van der Waals surface area contributed by atoms with Crippen LogP contribution < -0.4 is 0 Å². The molecule has 130 valence electrons. The minimum absolute atomic E-state index is 0.290. The summed E-state index contributed by atoms with van der Waals surface area (Å²) in [5, 5.41) is 2.04. The second-order valence-corrected chi connectivity index (χ2v) is 19.5. The summed E-state index contributed by atoms with van der Waals surface area (Å²) in [4.78, 5) is 1.33. The molecule has 0 saturated heterocycles. The molecule has 0 bridgehead atoms. The van der Waals surface area contributed by atoms with Crippen molar-refractivity contribution in [1.82, 2.24) is 0 Å². The number of benzene rings is 1. The third-order valence-corrected chi connectivity index (χ3v) is 8.73. The molecule has 0 N–H and O–H groups in total. The zero-order valence-corrected chi connectivity index (χ0v) is 19.0. The lowest BCUT2D eigenvalue weighted by Crippen LogP contribution is -2.36. The molecule has 1 aromatic carbocycles. The Labute approximate surface area is 150 Å². The summed E-state index contributed by atoms with van der Waals surface area (Å²) in [6, 6.07) is 10.7. The van der Waals surface area contributed by atoms with Gasteiger partial charge in [0.05, 0.1) is 14.2 Å². The maximum absolute atomic E-state index is 6.52. The molecule has 0 spiro atoms. The summed E-state index contributed by atoms with van der Waals surface area (Å²) in [5.74, 6) is 0. The maximum Gasteiger partial charge on any atom is 0.184 e. The van der Waals surface area contributed by atoms with Gasteiger partial charge < -0.3 is 4.43 Å². The molecule has 1 rings (SSSR count). The quantitative estimate of drug-likeness (QED) is 0.378. The highest BCUT2D eigenvalue weighted by Crippen LogP contribution is 2.30. The second-order valence-electron chi connectivity index (χ2n) is 8.28. The summed E-state index contributed by atoms with van der Waals surface area (Å²) >= 11 is 1.93. The van der Waals surface area contributed by atoms with Crippen molar-refractivity contribution in [1.29, 1.82) is 0 Å². The van der Waals surface area contributed by atoms with Gasteiger partial charge in [-0.05, 0) is 45.1 Å². The van der Waals surface area contributed by atoms with E-state index in [0.29, 0.717) is 5.25 Å². The van der Waals surface area contributed by atoms with Crippen LogP contribution >= 0.6 is 11.8 Å². The topological polar surface area (TPSA) is 9.23 Å². The van der Waals surface area contributed by atoms with Crippen LogP contribution in [0.25, 0.3) is 0 Å². The van der Waals surface area contributed by atoms with Gasteiger partial charge in [0.2, 0.25) is 0 Å². The van der Waals surface area contributed by atoms with Crippen molar-refractivity contribution in [3.05, 3.63) is 41.6 Å². The van der Waals surface area contributed by atoms with Crippen LogP contribution in [0.15, 0.2) is 46.5 Å². The number of hydrogen-bond donors (Lipinski definition) is 0. The Balaban J connectivity index is 2.83. The SMILES string of the molecule is C/C(=C/CC(O[Si](C)(C)C)C(C)Sc1ccccc1)[Si](C)(C)C. The second kappa shape index (κ2) is 8.70. The van der Waals surface area contributed by atoms with Gasteiger partial charge in [0.15, 0.2) is 8.32 Å². The van der Waals surface area contributed by atoms with Crippen molar-refractivity contribution in [2.45, 2.75) is 75.8 Å². The highest BCUT2D eigenvalue weighted by Gasteiger charge is 2.26. The van der Waals surface area contributed by atoms with E-state index >= 15 is 0 Å². The highest BCUT2D eigenvalue weighted by molar-refractivity contribution is 8.00. The Hall–Kier alpha value is -0.296. The van der Waals surface area contributed by atoms with E-state index in [2.05, 4.69) is 89.5 Å². The molecule has 23 heavy (non-hydrogen) atoms. The van der Waals surface area contributed by atoms with Gasteiger partial charge in [-0.3, -0.25) is 0 Å². The van der Waals surface area contributed by atoms with Crippen LogP contribution in [-0.4, -0.2) is 27.7 Å². The molecule has 4 heteroatoms. The van der Waals surface area contributed by atoms with Crippen LogP contribution in [0.4, 0.5) is 0 Å². The zero-order chi connectivity index (χ0) is 17.7. The lowest BCUT2D eigenvalue weighted by atomic mass is 10.2. The van der Waals surface area contributed by atoms with Crippen LogP contribution in [-0.2, 0) is 4.43 Å². The fraction of sp³-hybridized carbons (Fsp3) is 0.579. The van der Waals surface area contributed by atoms with Crippen LogP contribution in [0.1, 0.15) is 20.3 Å². The maximum atomic E-state index is 6.52. The van der Waals surface area contributed by atoms with E-state index in [1.807, 2.05) is 11.8 Å². The Morgan fingerprint density at radius 2 is 1.65 bits per heavy atom. The fourth-order valence-electron chi connectivity index (χ4n) is 2.18. The van der Waals surface area contributed by atoms with E-state index in [1.54, 1.807) is 5.20 Å². The van der Waals surface area contributed by atoms with Gasteiger partial charge in [-0.15, -0.1) is 11.8 Å². The summed E-state index contributed by atoms with van der Waals surface area (Å²) in [6.07, 6.45) is 3.76. The summed E-state index contributed by atoms with van der Waals surface area (Å²) in [7, 11) is -2.73. The molecular formula is C19H34OSSi2. The van der Waals surface area contributed by atoms with Gasteiger partial charge in [0, 0.05) is 10.1 Å². The first-order valence-corrected chi connectivity index (χ1v) is 16.3. The average molecular weight is 367 g/mol. The Bertz CT molecular complexity index is 500. The molecule has 0 aliphatic heterocycles. The predicted octanol–water partition coefficient (Wildman–Crippen LogP) is 6.60. The third kappa shape index (κ3) is 8.38. The number of rotatable bonds is 8. The molecule has 0 fully saturated rings. The first kappa shape index (κ1) is 20.7. The smallest absolute Gasteiger partial charge is 0.184 e. The van der Waals surface area contributed by atoms with E-state index in [1.165, 1.54) is 4.90 Å². The molecule has 0 aromatic heterocycles. The summed E-state index contributed by atoms with van der Waals surface area (Å²) < 4.78 is 6.52. The van der Waals surface area contributed by atoms with E-state index in [4.69, 9.17) is 4.43 Å². The van der Waals surface area contributed by atoms with E-state index in [0.717, 1.165) is 6.42 Å². The minimum atomic E-state index is -1.55. The Morgan fingerprint density at radius 1 is 1.09 bits per heavy atom. The van der Waals surface area contributed by atoms with Crippen LogP contribution in [0, 0.1) is 0 Å². The molecule has 1 nitrogen and oxygen atoms in total. The average Bonchev–Trinajstić information content (AvgIpc) is 2.41. The largest absolute Gasteiger partial charge is 0.413 e. The van der Waals surface area contributed by atoms with Crippen molar-refractivity contribution < 1.29 is 4.43 Å². The van der Waals surface area contributed by atoms with Crippen LogP contribution in [0.2, 0.25) is 39.3 Å². The lowest BCUT2D eigenvalue weighted by molar-refractivity contribution is 0.198. The van der Waals surface area contributed by atoms with Crippen molar-refractivity contribution in [2.24, 2.45) is 0 Å². The zero-order valence-electron chi connectivity index (χ0n) is 16.1. The first-order valence-electron chi connectivity index (χ1n) is 8.56. The molecule has 0 radical (unpaired) electrons. The summed E-state index contributed by atoms with van der Waals surface area (Å²) in [6.45, 7) is 18.7. The standard InChI is InChI=1S/C19H34OSSi2/c1-16(22(3,4)5)14-15-19(20-23(6,7)8)17(2)21-18-12-10-9-11-13-18/h9-14,17,19H,15H2,1-8H3/b16-14-. The molecule has 2 unspecified atom stereocenters. The third-order valence-electron chi connectivity index (χ3n) is 3.93. The van der Waals surface area contributed by atoms with Crippen molar-refractivity contribution in [3.63, 3.8) is 0 Å². The number of thioether (sulfide) groups is 1. The van der Waals surface area contributed by atoms with Crippen molar-refractivity contribution in [2.75, 3.05) is 0 Å². The predicted molar refractivity (Wildman–Crippen MR) is 112 cm³/mol. The van der Waals surface area contributed by atoms with Gasteiger partial charge in [-0.2, -0.15) is 0 Å². The highest BCUT2D eigenvalue weighted by atomic mass is 32.2. The molecule has 2 atom stereocenters. The fourth-order valence-corrected chi connectivity index (χ4v) is 5.28. The molecular weight excluding hydrogens is 332 g/mol. The molecule has 0 saturated carbocycles. The van der Waals surface area contributed by atoms with Gasteiger partial charge in [0.1, 0.15) is 0 Å². The van der Waals surface area contributed by atoms with E-state index < -0.39 is 16.4 Å². The molecule has 0 heterocycles. The van der Waals surface area contributed by atoms with Gasteiger partial charge in [0.25, 0.3) is 0 Å². The van der Waals surface area contributed by atoms with Gasteiger partial charge >= 0.3 is 0 Å². The summed E-state index contributed by atoms with van der Waals surface area (Å²) in [5.41, 5.74) is 0. The first-order chi connectivity index (χ1) is 10.5. The number of hydrogen-bond acceptors (Lipinski definition) is 2. The normalized spacial score (nSPS) is 16.3. The molecule has 0 aliphatic rings. The molecule has 0 aliphatic carbocycles. The monoisotopic (exact) mass is 366 g/mol. The molecule has 0 amide bonds. The molecule has 1 aromatic rings. The van der Waals surface area contributed by atoms with E-state index in [-0.39, 0.29) is 6.10 Å². The van der Waals surface area contributed by atoms with Gasteiger partial charge in [-0.25, -0.2) is 0 Å². The Morgan fingerprint density at radius 3 is 2.13 bits per heavy atom. The minimum Gasteiger partial charge on any atom is -0.413 e. The Kier molecular flexibility index (Phi) is 7.85. The van der Waals surface area contributed by atoms with Crippen LogP contribution in [0.3, 0.4) is 0 Å². The lowest BCUT2D eigenvalue weighted by Gasteiger charge is -2.30. The number of allylic oxidation sites excluding steroid dienone is 1. The van der Waals surface area contributed by atoms with Crippen molar-refractivity contribution in [3.8, 4) is 0 Å². The van der Waals surface area contributed by atoms with Crippen LogP contribution in [0.5, 0.6) is 0 Å². The van der Waals surface area contributed by atoms with E-state index in [9.17, 15) is 0 Å². The van der Waals surface area contributed by atoms with Crippen molar-refractivity contribution >= 4 is 28.2 Å². The van der Waals surface area contributed by atoms with Gasteiger partial charge in [-0.1, -0.05) is 56.0 Å².